The van der Waals surface area contributed by atoms with Crippen LogP contribution in [-0.4, -0.2) is 75.4 Å². The van der Waals surface area contributed by atoms with E-state index in [1.165, 1.54) is 13.8 Å². The van der Waals surface area contributed by atoms with Crippen LogP contribution >= 0.6 is 0 Å². The fourth-order valence-electron chi connectivity index (χ4n) is 3.59. The van der Waals surface area contributed by atoms with Crippen LogP contribution in [0.2, 0.25) is 0 Å². The molecule has 2 rings (SSSR count). The topological polar surface area (TPSA) is 191 Å². The maximum atomic E-state index is 12.9. The molecule has 0 saturated heterocycles. The van der Waals surface area contributed by atoms with Gasteiger partial charge in [-0.25, -0.2) is 4.79 Å². The molecule has 200 valence electrons. The molecule has 0 fully saturated rings. The average Bonchev–Trinajstić information content (AvgIpc) is 2.85. The zero-order chi connectivity index (χ0) is 27.5. The summed E-state index contributed by atoms with van der Waals surface area (Å²) in [6.07, 6.45) is -2.61. The minimum atomic E-state index is -1.55. The highest BCUT2D eigenvalue weighted by molar-refractivity contribution is 5.94. The zero-order valence-electron chi connectivity index (χ0n) is 20.7. The first-order valence-corrected chi connectivity index (χ1v) is 11.8. The molecule has 0 bridgehead atoms. The van der Waals surface area contributed by atoms with Crippen LogP contribution in [0.1, 0.15) is 25.0 Å². The van der Waals surface area contributed by atoms with E-state index in [-0.39, 0.29) is 12.8 Å². The lowest BCUT2D eigenvalue weighted by atomic mass is 10.0. The fraction of sp³-hybridized carbons (Fsp3) is 0.385. The molecule has 0 aromatic heterocycles. The van der Waals surface area contributed by atoms with Gasteiger partial charge in [0.1, 0.15) is 18.1 Å². The number of hydrogen-bond acceptors (Lipinski definition) is 7. The SMILES string of the molecule is CC(O)C(NC(=O)C(N)Cc1ccccc1)C(=O)NC(C(=O)NC(Cc1ccccc1)C(=O)O)C(C)O. The van der Waals surface area contributed by atoms with E-state index < -0.39 is 60.1 Å². The van der Waals surface area contributed by atoms with Gasteiger partial charge in [0.2, 0.25) is 17.7 Å². The number of carbonyl (C=O) groups excluding carboxylic acids is 3. The summed E-state index contributed by atoms with van der Waals surface area (Å²) in [6.45, 7) is 2.51. The van der Waals surface area contributed by atoms with E-state index in [2.05, 4.69) is 16.0 Å². The standard InChI is InChI=1S/C26H34N4O7/c1-15(31)21(24(34)28-20(26(36)37)14-18-11-7-4-8-12-18)30-25(35)22(16(2)32)29-23(33)19(27)13-17-9-5-3-6-10-17/h3-12,15-16,19-22,31-32H,13-14,27H2,1-2H3,(H,28,34)(H,29,33)(H,30,35)(H,36,37). The molecule has 6 unspecified atom stereocenters. The van der Waals surface area contributed by atoms with Gasteiger partial charge < -0.3 is 37.0 Å². The number of carboxylic acid groups (broad SMARTS) is 1. The minimum absolute atomic E-state index is 0.0198. The second-order valence-electron chi connectivity index (χ2n) is 8.84. The molecule has 0 heterocycles. The van der Waals surface area contributed by atoms with Gasteiger partial charge in [-0.2, -0.15) is 0 Å². The van der Waals surface area contributed by atoms with E-state index in [9.17, 15) is 34.5 Å². The Morgan fingerprint density at radius 3 is 1.54 bits per heavy atom. The molecule has 11 nitrogen and oxygen atoms in total. The van der Waals surface area contributed by atoms with Gasteiger partial charge >= 0.3 is 5.97 Å². The molecule has 3 amide bonds. The number of nitrogens with one attached hydrogen (secondary N) is 3. The Labute approximate surface area is 215 Å². The van der Waals surface area contributed by atoms with Crippen molar-refractivity contribution in [2.24, 2.45) is 5.73 Å². The van der Waals surface area contributed by atoms with Crippen molar-refractivity contribution in [1.29, 1.82) is 0 Å². The smallest absolute Gasteiger partial charge is 0.326 e. The van der Waals surface area contributed by atoms with Crippen LogP contribution in [0.5, 0.6) is 0 Å². The van der Waals surface area contributed by atoms with Crippen molar-refractivity contribution in [3.63, 3.8) is 0 Å². The Hall–Kier alpha value is -3.80. The quantitative estimate of drug-likeness (QED) is 0.179. The number of rotatable bonds is 13. The molecule has 0 saturated carbocycles. The number of carboxylic acids is 1. The Morgan fingerprint density at radius 2 is 1.11 bits per heavy atom. The van der Waals surface area contributed by atoms with Gasteiger partial charge in [0.15, 0.2) is 0 Å². The number of aliphatic hydroxyl groups is 2. The zero-order valence-corrected chi connectivity index (χ0v) is 20.7. The molecule has 0 aliphatic carbocycles. The third-order valence-electron chi connectivity index (χ3n) is 5.66. The normalized spacial score (nSPS) is 15.8. The number of benzene rings is 2. The van der Waals surface area contributed by atoms with Gasteiger partial charge in [0.25, 0.3) is 0 Å². The van der Waals surface area contributed by atoms with Gasteiger partial charge in [-0.05, 0) is 31.4 Å². The molecule has 2 aromatic rings. The molecule has 0 spiro atoms. The Kier molecular flexibility index (Phi) is 11.2. The number of amides is 3. The summed E-state index contributed by atoms with van der Waals surface area (Å²) in [5.41, 5.74) is 7.42. The minimum Gasteiger partial charge on any atom is -0.480 e. The molecule has 2 aromatic carbocycles. The van der Waals surface area contributed by atoms with Crippen LogP contribution in [0.3, 0.4) is 0 Å². The summed E-state index contributed by atoms with van der Waals surface area (Å²) >= 11 is 0. The molecule has 0 aliphatic heterocycles. The van der Waals surface area contributed by atoms with Crippen molar-refractivity contribution in [3.05, 3.63) is 71.8 Å². The monoisotopic (exact) mass is 514 g/mol. The van der Waals surface area contributed by atoms with E-state index in [0.717, 1.165) is 5.56 Å². The maximum absolute atomic E-state index is 12.9. The summed E-state index contributed by atoms with van der Waals surface area (Å²) in [6, 6.07) is 12.2. The van der Waals surface area contributed by atoms with Crippen LogP contribution in [0.25, 0.3) is 0 Å². The lowest BCUT2D eigenvalue weighted by molar-refractivity contribution is -0.143. The molecule has 37 heavy (non-hydrogen) atoms. The second-order valence-corrected chi connectivity index (χ2v) is 8.84. The molecular formula is C26H34N4O7. The highest BCUT2D eigenvalue weighted by atomic mass is 16.4. The highest BCUT2D eigenvalue weighted by Crippen LogP contribution is 2.06. The number of carbonyl (C=O) groups is 4. The predicted octanol–water partition coefficient (Wildman–Crippen LogP) is -0.900. The second kappa shape index (κ2) is 14.1. The Balaban J connectivity index is 2.06. The van der Waals surface area contributed by atoms with Crippen LogP contribution in [-0.2, 0) is 32.0 Å². The van der Waals surface area contributed by atoms with Crippen LogP contribution in [0, 0.1) is 0 Å². The first-order valence-electron chi connectivity index (χ1n) is 11.8. The van der Waals surface area contributed by atoms with E-state index >= 15 is 0 Å². The molecular weight excluding hydrogens is 480 g/mol. The predicted molar refractivity (Wildman–Crippen MR) is 135 cm³/mol. The number of aliphatic carboxylic acids is 1. The Bertz CT molecular complexity index is 1050. The summed E-state index contributed by atoms with van der Waals surface area (Å²) in [7, 11) is 0. The largest absolute Gasteiger partial charge is 0.480 e. The van der Waals surface area contributed by atoms with Crippen LogP contribution in [0.4, 0.5) is 0 Å². The van der Waals surface area contributed by atoms with Crippen molar-refractivity contribution in [2.45, 2.75) is 63.1 Å². The maximum Gasteiger partial charge on any atom is 0.326 e. The van der Waals surface area contributed by atoms with E-state index in [1.54, 1.807) is 54.6 Å². The number of hydrogen-bond donors (Lipinski definition) is 7. The molecule has 6 atom stereocenters. The van der Waals surface area contributed by atoms with E-state index in [4.69, 9.17) is 5.73 Å². The van der Waals surface area contributed by atoms with Crippen molar-refractivity contribution >= 4 is 23.7 Å². The van der Waals surface area contributed by atoms with Crippen molar-refractivity contribution in [2.75, 3.05) is 0 Å². The number of aliphatic hydroxyl groups excluding tert-OH is 2. The molecule has 0 radical (unpaired) electrons. The first kappa shape index (κ1) is 29.4. The fourth-order valence-corrected chi connectivity index (χ4v) is 3.59. The first-order chi connectivity index (χ1) is 17.5. The van der Waals surface area contributed by atoms with Gasteiger partial charge in [0.05, 0.1) is 18.2 Å². The van der Waals surface area contributed by atoms with E-state index in [0.29, 0.717) is 5.56 Å². The lowest BCUT2D eigenvalue weighted by Crippen LogP contribution is -2.62. The third-order valence-corrected chi connectivity index (χ3v) is 5.66. The summed E-state index contributed by atoms with van der Waals surface area (Å²) in [5, 5.41) is 36.8. The average molecular weight is 515 g/mol. The van der Waals surface area contributed by atoms with Crippen molar-refractivity contribution < 1.29 is 34.5 Å². The van der Waals surface area contributed by atoms with Crippen LogP contribution in [0.15, 0.2) is 60.7 Å². The van der Waals surface area contributed by atoms with Gasteiger partial charge in [-0.15, -0.1) is 0 Å². The van der Waals surface area contributed by atoms with Gasteiger partial charge in [-0.1, -0.05) is 60.7 Å². The van der Waals surface area contributed by atoms with Gasteiger partial charge in [-0.3, -0.25) is 14.4 Å². The van der Waals surface area contributed by atoms with Crippen LogP contribution < -0.4 is 21.7 Å². The van der Waals surface area contributed by atoms with Gasteiger partial charge in [0, 0.05) is 6.42 Å². The Morgan fingerprint density at radius 1 is 0.703 bits per heavy atom. The molecule has 8 N–H and O–H groups in total. The summed E-state index contributed by atoms with van der Waals surface area (Å²) in [5.74, 6) is -3.89. The number of nitrogens with two attached hydrogens (primary N) is 1. The summed E-state index contributed by atoms with van der Waals surface area (Å²) in [4.78, 5) is 50.0. The van der Waals surface area contributed by atoms with Crippen molar-refractivity contribution in [1.82, 2.24) is 16.0 Å². The highest BCUT2D eigenvalue weighted by Gasteiger charge is 2.34. The third kappa shape index (κ3) is 9.30. The summed E-state index contributed by atoms with van der Waals surface area (Å²) < 4.78 is 0. The lowest BCUT2D eigenvalue weighted by Gasteiger charge is -2.27. The van der Waals surface area contributed by atoms with E-state index in [1.807, 2.05) is 6.07 Å². The van der Waals surface area contributed by atoms with Crippen molar-refractivity contribution in [3.8, 4) is 0 Å². The molecule has 11 heteroatoms. The molecule has 0 aliphatic rings.